The van der Waals surface area contributed by atoms with Gasteiger partial charge < -0.3 is 0 Å². The molecule has 6 aromatic carbocycles. The summed E-state index contributed by atoms with van der Waals surface area (Å²) in [6.45, 7) is 13.6. The summed E-state index contributed by atoms with van der Waals surface area (Å²) < 4.78 is 1.21. The van der Waals surface area contributed by atoms with Gasteiger partial charge in [-0.2, -0.15) is 0 Å². The molecule has 0 N–H and O–H groups in total. The molecule has 281 valence electrons. The van der Waals surface area contributed by atoms with Gasteiger partial charge in [0.1, 0.15) is 0 Å². The topological polar surface area (TPSA) is 0 Å². The number of hydrogen-bond donors (Lipinski definition) is 0. The van der Waals surface area contributed by atoms with Crippen molar-refractivity contribution in [3.05, 3.63) is 171 Å². The first kappa shape index (κ1) is 38.0. The van der Waals surface area contributed by atoms with E-state index in [1.165, 1.54) is 103 Å². The molecular weight excluding hydrogens is 902 g/mol. The molecule has 0 amide bonds. The molecule has 0 fully saturated rings. The molecule has 1 heterocycles. The Morgan fingerprint density at radius 3 is 1.48 bits per heavy atom. The van der Waals surface area contributed by atoms with E-state index in [4.69, 9.17) is 0 Å². The third-order valence-corrected chi connectivity index (χ3v) is 45.3. The predicted molar refractivity (Wildman–Crippen MR) is 245 cm³/mol. The molecule has 1 aliphatic heterocycles. The number of allylic oxidation sites excluding steroid dienone is 2. The number of rotatable bonds is 9. The molecular formula is C52H51Cl2HfSi. The van der Waals surface area contributed by atoms with E-state index in [0.717, 1.165) is 25.7 Å². The third-order valence-electron chi connectivity index (χ3n) is 13.6. The van der Waals surface area contributed by atoms with Gasteiger partial charge in [-0.15, -0.1) is 0 Å². The van der Waals surface area contributed by atoms with Crippen molar-refractivity contribution < 1.29 is 16.1 Å². The van der Waals surface area contributed by atoms with E-state index in [-0.39, 0.29) is 7.35 Å². The zero-order valence-corrected chi connectivity index (χ0v) is 40.1. The van der Waals surface area contributed by atoms with Gasteiger partial charge in [-0.25, -0.2) is 0 Å². The Hall–Kier alpha value is -3.53. The van der Waals surface area contributed by atoms with Crippen LogP contribution in [0, 0.1) is 27.7 Å². The molecule has 0 saturated carbocycles. The maximum atomic E-state index is 9.31. The summed E-state index contributed by atoms with van der Waals surface area (Å²) in [7, 11) is 17.8. The van der Waals surface area contributed by atoms with Crippen molar-refractivity contribution in [1.29, 1.82) is 0 Å². The number of benzene rings is 6. The second-order valence-electron chi connectivity index (χ2n) is 16.7. The Bertz CT molecular complexity index is 2510. The Balaban J connectivity index is 1.37. The molecule has 9 rings (SSSR count). The summed E-state index contributed by atoms with van der Waals surface area (Å²) in [6.07, 6.45) is 9.08. The van der Waals surface area contributed by atoms with Gasteiger partial charge in [0.2, 0.25) is 0 Å². The summed E-state index contributed by atoms with van der Waals surface area (Å²) in [4.78, 5) is 0. The van der Waals surface area contributed by atoms with Crippen LogP contribution in [0.25, 0.3) is 45.5 Å². The SMILES string of the molecule is CCCC1=Cc2c(-c3cccc(C)c3C)cccc2[CH]1[Hf]([Cl])([Cl])([c]1cccc2c1[SiH2]c1ccccc1-2)[CH]1C(CCC)=Cc2c(-c3cccc(C)c3C)cccc21. The summed E-state index contributed by atoms with van der Waals surface area (Å²) in [6, 6.07) is 43.5. The number of hydrogen-bond acceptors (Lipinski definition) is 0. The van der Waals surface area contributed by atoms with Crippen LogP contribution in [-0.4, -0.2) is 9.52 Å². The van der Waals surface area contributed by atoms with Gasteiger partial charge in [0.25, 0.3) is 0 Å². The van der Waals surface area contributed by atoms with Crippen LogP contribution in [0.5, 0.6) is 0 Å². The Kier molecular flexibility index (Phi) is 9.76. The van der Waals surface area contributed by atoms with Gasteiger partial charge in [-0.05, 0) is 0 Å². The van der Waals surface area contributed by atoms with Gasteiger partial charge in [0, 0.05) is 0 Å². The summed E-state index contributed by atoms with van der Waals surface area (Å²) in [5.74, 6) is 0. The van der Waals surface area contributed by atoms with E-state index in [2.05, 4.69) is 169 Å². The molecule has 0 radical (unpaired) electrons. The van der Waals surface area contributed by atoms with Crippen molar-refractivity contribution in [2.24, 2.45) is 0 Å². The minimum absolute atomic E-state index is 0.0554. The minimum atomic E-state index is -5.74. The maximum absolute atomic E-state index is 9.31. The summed E-state index contributed by atoms with van der Waals surface area (Å²) in [5, 5.41) is 2.99. The van der Waals surface area contributed by atoms with E-state index in [1.807, 2.05) is 0 Å². The van der Waals surface area contributed by atoms with Gasteiger partial charge >= 0.3 is 348 Å². The Morgan fingerprint density at radius 2 is 0.946 bits per heavy atom. The monoisotopic (exact) mass is 953 g/mol. The van der Waals surface area contributed by atoms with Crippen LogP contribution in [0.1, 0.15) is 91.4 Å². The molecule has 0 nitrogen and oxygen atoms in total. The van der Waals surface area contributed by atoms with Crippen LogP contribution in [0.4, 0.5) is 0 Å². The van der Waals surface area contributed by atoms with E-state index in [9.17, 15) is 17.2 Å². The first-order valence-electron chi connectivity index (χ1n) is 20.6. The molecule has 0 aromatic heterocycles. The van der Waals surface area contributed by atoms with E-state index < -0.39 is 25.7 Å². The van der Waals surface area contributed by atoms with Crippen molar-refractivity contribution in [2.45, 2.75) is 74.6 Å². The molecule has 0 bridgehead atoms. The standard InChI is InChI=1S/2C20H21.C12H9Si.2ClH.Hf/c2*1-4-7-16-12-17-9-6-11-19(20(17)13-16)18-10-5-8-14(2)15(18)3;1-3-7-11-9(5-1)10-6-2-4-8-12(10)13-11;;;/h2*5-6,8-13H,4,7H2,1-3H3;1-7H,13H2;2*1H;/q;;;;;+2/p-2. The molecule has 3 aliphatic rings. The molecule has 4 heteroatoms. The average Bonchev–Trinajstić information content (AvgIpc) is 3.89. The Labute approximate surface area is 344 Å². The molecule has 2 atom stereocenters. The fourth-order valence-corrected chi connectivity index (χ4v) is 49.9. The van der Waals surface area contributed by atoms with E-state index in [1.54, 1.807) is 0 Å². The van der Waals surface area contributed by atoms with E-state index >= 15 is 0 Å². The zero-order chi connectivity index (χ0) is 39.0. The molecule has 56 heavy (non-hydrogen) atoms. The van der Waals surface area contributed by atoms with Crippen LogP contribution in [0.2, 0.25) is 0 Å². The molecule has 2 unspecified atom stereocenters. The summed E-state index contributed by atoms with van der Waals surface area (Å²) >= 11 is -5.74. The van der Waals surface area contributed by atoms with Crippen molar-refractivity contribution in [3.63, 3.8) is 0 Å². The first-order valence-corrected chi connectivity index (χ1v) is 36.9. The normalized spacial score (nSPS) is 17.8. The molecule has 0 spiro atoms. The molecule has 0 saturated heterocycles. The van der Waals surface area contributed by atoms with Crippen molar-refractivity contribution in [2.75, 3.05) is 0 Å². The number of halogens is 2. The van der Waals surface area contributed by atoms with Crippen LogP contribution in [0.3, 0.4) is 0 Å². The van der Waals surface area contributed by atoms with Crippen LogP contribution < -0.4 is 13.7 Å². The second kappa shape index (κ2) is 14.4. The average molecular weight is 953 g/mol. The third kappa shape index (κ3) is 5.68. The zero-order valence-electron chi connectivity index (χ0n) is 33.6. The fourth-order valence-electron chi connectivity index (χ4n) is 10.8. The van der Waals surface area contributed by atoms with Gasteiger partial charge in [0.05, 0.1) is 0 Å². The first-order chi connectivity index (χ1) is 27.1. The van der Waals surface area contributed by atoms with Crippen LogP contribution in [-0.2, 0) is 16.1 Å². The van der Waals surface area contributed by atoms with Crippen LogP contribution in [0.15, 0.2) is 126 Å². The van der Waals surface area contributed by atoms with Gasteiger partial charge in [0.15, 0.2) is 0 Å². The molecule has 6 aromatic rings. The van der Waals surface area contributed by atoms with E-state index in [0.29, 0.717) is 0 Å². The van der Waals surface area contributed by atoms with Crippen molar-refractivity contribution in [3.8, 4) is 33.4 Å². The van der Waals surface area contributed by atoms with Gasteiger partial charge in [-0.3, -0.25) is 0 Å². The quantitative estimate of drug-likeness (QED) is 0.127. The number of aryl methyl sites for hydroxylation is 2. The summed E-state index contributed by atoms with van der Waals surface area (Å²) in [5.41, 5.74) is 21.4. The molecule has 2 aliphatic carbocycles. The van der Waals surface area contributed by atoms with Crippen molar-refractivity contribution >= 4 is 52.5 Å². The second-order valence-corrected chi connectivity index (χ2v) is 47.8. The van der Waals surface area contributed by atoms with Crippen molar-refractivity contribution in [1.82, 2.24) is 0 Å². The fraction of sp³-hybridized carbons (Fsp3) is 0.231. The Morgan fingerprint density at radius 1 is 0.500 bits per heavy atom. The predicted octanol–water partition coefficient (Wildman–Crippen LogP) is 12.9. The van der Waals surface area contributed by atoms with Gasteiger partial charge in [-0.1, -0.05) is 0 Å². The number of fused-ring (bicyclic) bond motifs is 5. The van der Waals surface area contributed by atoms with Crippen LogP contribution >= 0.6 is 17.2 Å².